The summed E-state index contributed by atoms with van der Waals surface area (Å²) in [5.74, 6) is 0.128. The average Bonchev–Trinajstić information content (AvgIpc) is 3.05. The van der Waals surface area contributed by atoms with Crippen molar-refractivity contribution < 1.29 is 22.7 Å². The summed E-state index contributed by atoms with van der Waals surface area (Å²) in [6.07, 6.45) is 3.57. The van der Waals surface area contributed by atoms with Crippen molar-refractivity contribution in [2.24, 2.45) is 0 Å². The van der Waals surface area contributed by atoms with Crippen LogP contribution in [0.25, 0.3) is 0 Å². The van der Waals surface area contributed by atoms with Crippen LogP contribution < -0.4 is 4.72 Å². The summed E-state index contributed by atoms with van der Waals surface area (Å²) < 4.78 is 37.5. The number of likely N-dealkylation sites (tertiary alicyclic amines) is 1. The zero-order valence-electron chi connectivity index (χ0n) is 14.7. The number of ether oxygens (including phenoxy) is 2. The van der Waals surface area contributed by atoms with Crippen molar-refractivity contribution in [3.63, 3.8) is 0 Å². The van der Waals surface area contributed by atoms with Crippen LogP contribution in [0.5, 0.6) is 0 Å². The monoisotopic (exact) mass is 362 g/mol. The molecule has 24 heavy (non-hydrogen) atoms. The number of amides is 1. The number of piperidine rings is 1. The molecule has 2 heterocycles. The highest BCUT2D eigenvalue weighted by atomic mass is 32.2. The summed E-state index contributed by atoms with van der Waals surface area (Å²) in [4.78, 5) is 14.2. The van der Waals surface area contributed by atoms with E-state index in [1.807, 2.05) is 6.92 Å². The Labute approximate surface area is 145 Å². The normalized spacial score (nSPS) is 24.2. The van der Waals surface area contributed by atoms with Gasteiger partial charge in [-0.15, -0.1) is 0 Å². The lowest BCUT2D eigenvalue weighted by atomic mass is 10.1. The van der Waals surface area contributed by atoms with Crippen LogP contribution in [-0.4, -0.2) is 69.5 Å². The van der Waals surface area contributed by atoms with Crippen molar-refractivity contribution in [1.82, 2.24) is 9.62 Å². The van der Waals surface area contributed by atoms with Gasteiger partial charge in [0.05, 0.1) is 18.5 Å². The van der Waals surface area contributed by atoms with Crippen LogP contribution in [0.15, 0.2) is 0 Å². The van der Waals surface area contributed by atoms with E-state index in [0.717, 1.165) is 19.4 Å². The molecule has 2 aliphatic heterocycles. The van der Waals surface area contributed by atoms with Crippen molar-refractivity contribution >= 4 is 15.9 Å². The van der Waals surface area contributed by atoms with Gasteiger partial charge in [-0.2, -0.15) is 0 Å². The van der Waals surface area contributed by atoms with Crippen molar-refractivity contribution in [3.8, 4) is 0 Å². The predicted octanol–water partition coefficient (Wildman–Crippen LogP) is 0.891. The van der Waals surface area contributed by atoms with Crippen molar-refractivity contribution in [3.05, 3.63) is 0 Å². The van der Waals surface area contributed by atoms with Gasteiger partial charge >= 0.3 is 0 Å². The van der Waals surface area contributed by atoms with Gasteiger partial charge in [0, 0.05) is 25.7 Å². The Morgan fingerprint density at radius 1 is 1.33 bits per heavy atom. The Morgan fingerprint density at radius 2 is 2.04 bits per heavy atom. The van der Waals surface area contributed by atoms with Crippen molar-refractivity contribution in [2.75, 3.05) is 32.1 Å². The molecule has 1 N–H and O–H groups in total. The van der Waals surface area contributed by atoms with Crippen molar-refractivity contribution in [1.29, 1.82) is 0 Å². The summed E-state index contributed by atoms with van der Waals surface area (Å²) >= 11 is 0. The van der Waals surface area contributed by atoms with E-state index in [0.29, 0.717) is 39.0 Å². The maximum absolute atomic E-state index is 12.4. The zero-order chi connectivity index (χ0) is 17.6. The molecule has 1 amide bonds. The molecule has 0 radical (unpaired) electrons. The first-order chi connectivity index (χ1) is 11.4. The number of carbonyl (C=O) groups excluding carboxylic acids is 1. The highest BCUT2D eigenvalue weighted by Crippen LogP contribution is 2.16. The van der Waals surface area contributed by atoms with E-state index < -0.39 is 16.1 Å². The summed E-state index contributed by atoms with van der Waals surface area (Å²) in [6.45, 7) is 5.97. The third kappa shape index (κ3) is 5.98. The van der Waals surface area contributed by atoms with Gasteiger partial charge in [0.2, 0.25) is 10.0 Å². The molecule has 0 aliphatic carbocycles. The molecule has 2 aliphatic rings. The molecule has 7 nitrogen and oxygen atoms in total. The molecule has 140 valence electrons. The average molecular weight is 362 g/mol. The minimum absolute atomic E-state index is 0.0251. The smallest absolute Gasteiger partial charge is 0.251 e. The molecule has 8 heteroatoms. The second-order valence-electron chi connectivity index (χ2n) is 6.65. The van der Waals surface area contributed by atoms with Crippen LogP contribution in [0.4, 0.5) is 0 Å². The number of hydrogen-bond acceptors (Lipinski definition) is 5. The standard InChI is InChI=1S/C16H30N2O5S/c1-3-11-24(20,21)17-14-6-8-18(9-7-14)16(19)13(2)23-12-15-5-4-10-22-15/h13-15,17H,3-12H2,1-2H3. The van der Waals surface area contributed by atoms with E-state index in [4.69, 9.17) is 9.47 Å². The first-order valence-electron chi connectivity index (χ1n) is 8.93. The van der Waals surface area contributed by atoms with Crippen LogP contribution in [0.2, 0.25) is 0 Å². The SMILES string of the molecule is CCCS(=O)(=O)NC1CCN(C(=O)C(C)OCC2CCCO2)CC1. The van der Waals surface area contributed by atoms with Gasteiger partial charge in [0.1, 0.15) is 6.10 Å². The number of rotatable bonds is 8. The quantitative estimate of drug-likeness (QED) is 0.693. The van der Waals surface area contributed by atoms with Gasteiger partial charge in [-0.05, 0) is 39.0 Å². The Kier molecular flexibility index (Phi) is 7.46. The zero-order valence-corrected chi connectivity index (χ0v) is 15.5. The molecule has 0 aromatic carbocycles. The first-order valence-corrected chi connectivity index (χ1v) is 10.6. The molecule has 2 atom stereocenters. The number of carbonyl (C=O) groups is 1. The molecule has 2 fully saturated rings. The maximum Gasteiger partial charge on any atom is 0.251 e. The number of hydrogen-bond donors (Lipinski definition) is 1. The highest BCUT2D eigenvalue weighted by Gasteiger charge is 2.29. The van der Waals surface area contributed by atoms with E-state index in [1.54, 1.807) is 11.8 Å². The Hall–Kier alpha value is -0.700. The summed E-state index contributed by atoms with van der Waals surface area (Å²) in [7, 11) is -3.20. The molecule has 0 aromatic rings. The molecular weight excluding hydrogens is 332 g/mol. The lowest BCUT2D eigenvalue weighted by Crippen LogP contribution is -2.49. The van der Waals surface area contributed by atoms with Crippen LogP contribution in [0.1, 0.15) is 46.0 Å². The van der Waals surface area contributed by atoms with Crippen LogP contribution in [0.3, 0.4) is 0 Å². The van der Waals surface area contributed by atoms with E-state index in [1.165, 1.54) is 0 Å². The lowest BCUT2D eigenvalue weighted by Gasteiger charge is -2.33. The molecule has 2 rings (SSSR count). The van der Waals surface area contributed by atoms with Gasteiger partial charge in [0.15, 0.2) is 0 Å². The van der Waals surface area contributed by atoms with Gasteiger partial charge in [-0.1, -0.05) is 6.92 Å². The van der Waals surface area contributed by atoms with Crippen LogP contribution in [-0.2, 0) is 24.3 Å². The fourth-order valence-electron chi connectivity index (χ4n) is 3.16. The summed E-state index contributed by atoms with van der Waals surface area (Å²) in [5.41, 5.74) is 0. The summed E-state index contributed by atoms with van der Waals surface area (Å²) in [5, 5.41) is 0. The minimum Gasteiger partial charge on any atom is -0.376 e. The number of sulfonamides is 1. The fourth-order valence-corrected chi connectivity index (χ4v) is 4.55. The Balaban J connectivity index is 1.71. The lowest BCUT2D eigenvalue weighted by molar-refractivity contribution is -0.145. The third-order valence-electron chi connectivity index (χ3n) is 4.53. The van der Waals surface area contributed by atoms with Gasteiger partial charge < -0.3 is 14.4 Å². The number of nitrogens with zero attached hydrogens (tertiary/aromatic N) is 1. The van der Waals surface area contributed by atoms with E-state index >= 15 is 0 Å². The fraction of sp³-hybridized carbons (Fsp3) is 0.938. The Bertz CT molecular complexity index is 497. The second kappa shape index (κ2) is 9.12. The first kappa shape index (κ1) is 19.6. The molecule has 0 aromatic heterocycles. The largest absolute Gasteiger partial charge is 0.376 e. The minimum atomic E-state index is -3.20. The van der Waals surface area contributed by atoms with E-state index in [9.17, 15) is 13.2 Å². The molecule has 0 spiro atoms. The molecule has 0 bridgehead atoms. The third-order valence-corrected chi connectivity index (χ3v) is 6.17. The van der Waals surface area contributed by atoms with E-state index in [2.05, 4.69) is 4.72 Å². The molecule has 2 saturated heterocycles. The topological polar surface area (TPSA) is 84.9 Å². The van der Waals surface area contributed by atoms with Gasteiger partial charge in [-0.3, -0.25) is 4.79 Å². The van der Waals surface area contributed by atoms with Crippen molar-refractivity contribution in [2.45, 2.75) is 64.2 Å². The predicted molar refractivity (Wildman–Crippen MR) is 91.2 cm³/mol. The maximum atomic E-state index is 12.4. The Morgan fingerprint density at radius 3 is 2.62 bits per heavy atom. The van der Waals surface area contributed by atoms with Gasteiger partial charge in [-0.25, -0.2) is 13.1 Å². The highest BCUT2D eigenvalue weighted by molar-refractivity contribution is 7.89. The molecule has 2 unspecified atom stereocenters. The molecular formula is C16H30N2O5S. The van der Waals surface area contributed by atoms with E-state index in [-0.39, 0.29) is 23.8 Å². The second-order valence-corrected chi connectivity index (χ2v) is 8.52. The van der Waals surface area contributed by atoms with Crippen LogP contribution >= 0.6 is 0 Å². The van der Waals surface area contributed by atoms with Crippen LogP contribution in [0, 0.1) is 0 Å². The van der Waals surface area contributed by atoms with Gasteiger partial charge in [0.25, 0.3) is 5.91 Å². The molecule has 0 saturated carbocycles. The summed E-state index contributed by atoms with van der Waals surface area (Å²) in [6, 6.07) is -0.0753. The number of nitrogens with one attached hydrogen (secondary N) is 1.